The first-order valence-electron chi connectivity index (χ1n) is 8.28. The Labute approximate surface area is 132 Å². The van der Waals surface area contributed by atoms with E-state index in [0.717, 1.165) is 24.8 Å². The van der Waals surface area contributed by atoms with Gasteiger partial charge in [-0.2, -0.15) is 0 Å². The Morgan fingerprint density at radius 2 is 1.73 bits per heavy atom. The first-order chi connectivity index (χ1) is 10.2. The standard InChI is InChI=1S/C18H26O4/c1-10(2)21-14-15(19)17(5)9-12-7-6-8-13(12)18(17,20)16(14)22-11(3)4/h10-11,20H,6-9H2,1-5H3/t17-,18-/m1/s1. The maximum Gasteiger partial charge on any atom is 0.210 e. The summed E-state index contributed by atoms with van der Waals surface area (Å²) in [6.07, 6.45) is 3.24. The lowest BCUT2D eigenvalue weighted by atomic mass is 9.72. The number of hydrogen-bond donors (Lipinski definition) is 1. The molecule has 0 aliphatic heterocycles. The smallest absolute Gasteiger partial charge is 0.210 e. The van der Waals surface area contributed by atoms with Crippen molar-refractivity contribution >= 4 is 5.78 Å². The van der Waals surface area contributed by atoms with Gasteiger partial charge in [0.2, 0.25) is 11.5 Å². The number of carbonyl (C=O) groups is 1. The molecule has 0 saturated heterocycles. The lowest BCUT2D eigenvalue weighted by Gasteiger charge is -2.36. The third-order valence-electron chi connectivity index (χ3n) is 5.08. The molecule has 3 rings (SSSR count). The van der Waals surface area contributed by atoms with Crippen LogP contribution in [0.15, 0.2) is 22.7 Å². The van der Waals surface area contributed by atoms with Crippen LogP contribution in [0.25, 0.3) is 0 Å². The van der Waals surface area contributed by atoms with Gasteiger partial charge in [0.15, 0.2) is 11.4 Å². The van der Waals surface area contributed by atoms with Gasteiger partial charge in [0, 0.05) is 0 Å². The van der Waals surface area contributed by atoms with E-state index in [4.69, 9.17) is 9.47 Å². The molecule has 3 aliphatic rings. The first kappa shape index (κ1) is 15.6. The molecule has 0 bridgehead atoms. The number of aliphatic hydroxyl groups is 1. The molecule has 1 N–H and O–H groups in total. The molecule has 0 fully saturated rings. The van der Waals surface area contributed by atoms with Gasteiger partial charge in [-0.05, 0) is 65.9 Å². The number of allylic oxidation sites excluding steroid dienone is 2. The second-order valence-corrected chi connectivity index (χ2v) is 7.48. The number of ketones is 1. The zero-order valence-electron chi connectivity index (χ0n) is 14.2. The summed E-state index contributed by atoms with van der Waals surface area (Å²) in [5.74, 6) is 0.455. The summed E-state index contributed by atoms with van der Waals surface area (Å²) in [7, 11) is 0. The summed E-state index contributed by atoms with van der Waals surface area (Å²) in [6, 6.07) is 0. The quantitative estimate of drug-likeness (QED) is 0.810. The average molecular weight is 306 g/mol. The fourth-order valence-corrected chi connectivity index (χ4v) is 4.19. The average Bonchev–Trinajstić information content (AvgIpc) is 2.98. The molecule has 4 nitrogen and oxygen atoms in total. The molecule has 0 unspecified atom stereocenters. The van der Waals surface area contributed by atoms with Crippen LogP contribution in [0.1, 0.15) is 60.3 Å². The van der Waals surface area contributed by atoms with Crippen LogP contribution in [0.3, 0.4) is 0 Å². The molecule has 2 atom stereocenters. The van der Waals surface area contributed by atoms with Gasteiger partial charge in [0.25, 0.3) is 0 Å². The molecule has 0 heterocycles. The van der Waals surface area contributed by atoms with Crippen LogP contribution in [0.4, 0.5) is 0 Å². The van der Waals surface area contributed by atoms with Gasteiger partial charge in [0.1, 0.15) is 0 Å². The lowest BCUT2D eigenvalue weighted by molar-refractivity contribution is -0.133. The van der Waals surface area contributed by atoms with Crippen molar-refractivity contribution in [1.82, 2.24) is 0 Å². The Bertz CT molecular complexity index is 584. The third-order valence-corrected chi connectivity index (χ3v) is 5.08. The molecule has 122 valence electrons. The summed E-state index contributed by atoms with van der Waals surface area (Å²) >= 11 is 0. The van der Waals surface area contributed by atoms with E-state index in [1.807, 2.05) is 34.6 Å². The number of rotatable bonds is 4. The van der Waals surface area contributed by atoms with Crippen LogP contribution in [-0.2, 0) is 14.3 Å². The number of ether oxygens (including phenoxy) is 2. The summed E-state index contributed by atoms with van der Waals surface area (Å²) < 4.78 is 11.7. The van der Waals surface area contributed by atoms with Gasteiger partial charge < -0.3 is 14.6 Å². The Hall–Kier alpha value is -1.29. The minimum Gasteiger partial charge on any atom is -0.488 e. The summed E-state index contributed by atoms with van der Waals surface area (Å²) in [6.45, 7) is 9.43. The molecular weight excluding hydrogens is 280 g/mol. The third kappa shape index (κ3) is 1.82. The van der Waals surface area contributed by atoms with Crippen molar-refractivity contribution < 1.29 is 19.4 Å². The van der Waals surface area contributed by atoms with Gasteiger partial charge in [-0.25, -0.2) is 0 Å². The Morgan fingerprint density at radius 3 is 2.32 bits per heavy atom. The highest BCUT2D eigenvalue weighted by Gasteiger charge is 2.69. The lowest BCUT2D eigenvalue weighted by Crippen LogP contribution is -2.46. The van der Waals surface area contributed by atoms with Gasteiger partial charge in [-0.15, -0.1) is 0 Å². The Kier molecular flexibility index (Phi) is 3.44. The van der Waals surface area contributed by atoms with Crippen LogP contribution >= 0.6 is 0 Å². The minimum absolute atomic E-state index is 0.117. The highest BCUT2D eigenvalue weighted by Crippen LogP contribution is 2.63. The van der Waals surface area contributed by atoms with E-state index in [-0.39, 0.29) is 23.8 Å². The summed E-state index contributed by atoms with van der Waals surface area (Å²) in [4.78, 5) is 13.0. The number of fused-ring (bicyclic) bond motifs is 2. The molecule has 0 spiro atoms. The Morgan fingerprint density at radius 1 is 1.09 bits per heavy atom. The van der Waals surface area contributed by atoms with Crippen molar-refractivity contribution in [2.24, 2.45) is 5.41 Å². The Balaban J connectivity index is 2.15. The zero-order valence-corrected chi connectivity index (χ0v) is 14.2. The SMILES string of the molecule is CC(C)OC1=C(OC(C)C)[C@]2(O)C3=C(CCC3)C[C@]2(C)C1=O. The van der Waals surface area contributed by atoms with Crippen LogP contribution < -0.4 is 0 Å². The van der Waals surface area contributed by atoms with Crippen LogP contribution in [0, 0.1) is 5.41 Å². The van der Waals surface area contributed by atoms with Crippen LogP contribution in [-0.4, -0.2) is 28.7 Å². The molecule has 0 amide bonds. The van der Waals surface area contributed by atoms with E-state index in [0.29, 0.717) is 12.2 Å². The van der Waals surface area contributed by atoms with Crippen molar-refractivity contribution in [3.05, 3.63) is 22.7 Å². The minimum atomic E-state index is -1.32. The maximum atomic E-state index is 13.0. The summed E-state index contributed by atoms with van der Waals surface area (Å²) in [5, 5.41) is 11.6. The second kappa shape index (κ2) is 4.85. The highest BCUT2D eigenvalue weighted by atomic mass is 16.5. The molecular formula is C18H26O4. The van der Waals surface area contributed by atoms with Crippen molar-refractivity contribution in [3.63, 3.8) is 0 Å². The largest absolute Gasteiger partial charge is 0.488 e. The number of carbonyl (C=O) groups excluding carboxylic acids is 1. The topological polar surface area (TPSA) is 55.8 Å². The molecule has 0 radical (unpaired) electrons. The molecule has 0 saturated carbocycles. The predicted molar refractivity (Wildman–Crippen MR) is 83.0 cm³/mol. The van der Waals surface area contributed by atoms with E-state index < -0.39 is 11.0 Å². The van der Waals surface area contributed by atoms with Crippen LogP contribution in [0.5, 0.6) is 0 Å². The van der Waals surface area contributed by atoms with Gasteiger partial charge in [-0.3, -0.25) is 4.79 Å². The first-order valence-corrected chi connectivity index (χ1v) is 8.28. The van der Waals surface area contributed by atoms with Crippen molar-refractivity contribution in [2.45, 2.75) is 78.1 Å². The van der Waals surface area contributed by atoms with Gasteiger partial charge >= 0.3 is 0 Å². The number of Topliss-reactive ketones (excluding diaryl/α,β-unsaturated/α-hetero) is 1. The van der Waals surface area contributed by atoms with Crippen molar-refractivity contribution in [3.8, 4) is 0 Å². The second-order valence-electron chi connectivity index (χ2n) is 7.48. The van der Waals surface area contributed by atoms with Crippen molar-refractivity contribution in [2.75, 3.05) is 0 Å². The van der Waals surface area contributed by atoms with E-state index in [1.165, 1.54) is 5.57 Å². The maximum absolute atomic E-state index is 13.0. The summed E-state index contributed by atoms with van der Waals surface area (Å²) in [5.41, 5.74) is 0.0601. The fraction of sp³-hybridized carbons (Fsp3) is 0.722. The zero-order chi connectivity index (χ0) is 16.3. The molecule has 0 aromatic rings. The van der Waals surface area contributed by atoms with E-state index in [9.17, 15) is 9.90 Å². The normalized spacial score (nSPS) is 34.1. The molecule has 0 aromatic heterocycles. The molecule has 4 heteroatoms. The van der Waals surface area contributed by atoms with Crippen LogP contribution in [0.2, 0.25) is 0 Å². The monoisotopic (exact) mass is 306 g/mol. The van der Waals surface area contributed by atoms with Crippen molar-refractivity contribution in [1.29, 1.82) is 0 Å². The van der Waals surface area contributed by atoms with E-state index >= 15 is 0 Å². The van der Waals surface area contributed by atoms with Gasteiger partial charge in [-0.1, -0.05) is 5.57 Å². The fourth-order valence-electron chi connectivity index (χ4n) is 4.19. The highest BCUT2D eigenvalue weighted by molar-refractivity contribution is 6.05. The predicted octanol–water partition coefficient (Wildman–Crippen LogP) is 3.25. The molecule has 3 aliphatic carbocycles. The molecule has 0 aromatic carbocycles. The number of hydrogen-bond acceptors (Lipinski definition) is 4. The molecule has 22 heavy (non-hydrogen) atoms. The van der Waals surface area contributed by atoms with Gasteiger partial charge in [0.05, 0.1) is 17.6 Å². The van der Waals surface area contributed by atoms with E-state index in [1.54, 1.807) is 0 Å². The van der Waals surface area contributed by atoms with E-state index in [2.05, 4.69) is 0 Å².